The van der Waals surface area contributed by atoms with Crippen molar-refractivity contribution in [2.75, 3.05) is 32.9 Å². The van der Waals surface area contributed by atoms with Gasteiger partial charge in [0.25, 0.3) is 5.91 Å². The van der Waals surface area contributed by atoms with E-state index in [0.29, 0.717) is 44.5 Å². The Balaban J connectivity index is 1.45. The van der Waals surface area contributed by atoms with Gasteiger partial charge in [0, 0.05) is 25.2 Å². The van der Waals surface area contributed by atoms with E-state index in [1.165, 1.54) is 0 Å². The molecule has 2 aromatic heterocycles. The van der Waals surface area contributed by atoms with Crippen LogP contribution in [0, 0.1) is 5.92 Å². The van der Waals surface area contributed by atoms with Crippen molar-refractivity contribution in [3.8, 4) is 0 Å². The Bertz CT molecular complexity index is 672. The number of carbonyl (C=O) groups excluding carboxylic acids is 1. The van der Waals surface area contributed by atoms with Crippen LogP contribution in [0.5, 0.6) is 0 Å². The van der Waals surface area contributed by atoms with Crippen LogP contribution in [0.1, 0.15) is 16.9 Å². The number of amides is 1. The SMILES string of the molecule is O=C(c1ccc[nH]1)N1CCOCC2(CC(Cn3cnnc3)CO2)C1. The molecule has 0 saturated carbocycles. The van der Waals surface area contributed by atoms with Gasteiger partial charge in [-0.1, -0.05) is 0 Å². The molecule has 0 aliphatic carbocycles. The van der Waals surface area contributed by atoms with E-state index in [1.54, 1.807) is 24.9 Å². The standard InChI is InChI=1S/C16H21N5O3/c22-15(14-2-1-3-17-14)21-4-5-23-10-16(9-21)6-13(8-24-16)7-20-11-18-19-12-20/h1-3,11-13,17H,4-10H2. The fraction of sp³-hybridized carbons (Fsp3) is 0.562. The maximum absolute atomic E-state index is 12.7. The van der Waals surface area contributed by atoms with E-state index in [-0.39, 0.29) is 5.91 Å². The molecule has 2 saturated heterocycles. The molecule has 8 heteroatoms. The number of carbonyl (C=O) groups is 1. The number of aromatic amines is 1. The second-order valence-corrected chi connectivity index (χ2v) is 6.59. The van der Waals surface area contributed by atoms with Gasteiger partial charge in [0.05, 0.1) is 26.4 Å². The second kappa shape index (κ2) is 6.37. The predicted octanol–water partition coefficient (Wildman–Crippen LogP) is 0.554. The molecule has 0 bridgehead atoms. The molecule has 2 atom stereocenters. The number of H-pyrrole nitrogens is 1. The van der Waals surface area contributed by atoms with Crippen LogP contribution in [0.3, 0.4) is 0 Å². The van der Waals surface area contributed by atoms with Gasteiger partial charge in [0.1, 0.15) is 23.9 Å². The van der Waals surface area contributed by atoms with E-state index < -0.39 is 5.60 Å². The molecule has 2 unspecified atom stereocenters. The number of ether oxygens (including phenoxy) is 2. The van der Waals surface area contributed by atoms with Crippen molar-refractivity contribution in [3.63, 3.8) is 0 Å². The number of rotatable bonds is 3. The quantitative estimate of drug-likeness (QED) is 0.888. The molecule has 24 heavy (non-hydrogen) atoms. The summed E-state index contributed by atoms with van der Waals surface area (Å²) in [6, 6.07) is 3.63. The van der Waals surface area contributed by atoms with E-state index >= 15 is 0 Å². The van der Waals surface area contributed by atoms with Crippen LogP contribution in [0.25, 0.3) is 0 Å². The highest BCUT2D eigenvalue weighted by Gasteiger charge is 2.44. The van der Waals surface area contributed by atoms with Crippen molar-refractivity contribution in [1.29, 1.82) is 0 Å². The first-order chi connectivity index (χ1) is 11.7. The minimum absolute atomic E-state index is 0.00395. The lowest BCUT2D eigenvalue weighted by molar-refractivity contribution is -0.0539. The Kier molecular flexibility index (Phi) is 4.07. The zero-order valence-corrected chi connectivity index (χ0v) is 13.4. The normalized spacial score (nSPS) is 27.5. The lowest BCUT2D eigenvalue weighted by atomic mass is 9.94. The molecule has 1 N–H and O–H groups in total. The molecule has 4 heterocycles. The third-order valence-corrected chi connectivity index (χ3v) is 4.69. The first-order valence-electron chi connectivity index (χ1n) is 8.21. The minimum atomic E-state index is -0.419. The van der Waals surface area contributed by atoms with E-state index in [9.17, 15) is 4.79 Å². The molecule has 8 nitrogen and oxygen atoms in total. The molecule has 1 amide bonds. The van der Waals surface area contributed by atoms with Gasteiger partial charge in [-0.3, -0.25) is 4.79 Å². The van der Waals surface area contributed by atoms with Crippen molar-refractivity contribution in [2.24, 2.45) is 5.92 Å². The summed E-state index contributed by atoms with van der Waals surface area (Å²) in [5, 5.41) is 7.68. The van der Waals surface area contributed by atoms with Gasteiger partial charge in [-0.15, -0.1) is 10.2 Å². The summed E-state index contributed by atoms with van der Waals surface area (Å²) in [6.07, 6.45) is 6.06. The van der Waals surface area contributed by atoms with Crippen LogP contribution >= 0.6 is 0 Å². The average molecular weight is 331 g/mol. The second-order valence-electron chi connectivity index (χ2n) is 6.59. The predicted molar refractivity (Wildman–Crippen MR) is 84.3 cm³/mol. The van der Waals surface area contributed by atoms with Crippen LogP contribution in [-0.4, -0.2) is 69.1 Å². The Morgan fingerprint density at radius 2 is 2.29 bits per heavy atom. The highest BCUT2D eigenvalue weighted by atomic mass is 16.5. The van der Waals surface area contributed by atoms with E-state index in [4.69, 9.17) is 9.47 Å². The van der Waals surface area contributed by atoms with E-state index in [1.807, 2.05) is 15.5 Å². The third kappa shape index (κ3) is 3.07. The summed E-state index contributed by atoms with van der Waals surface area (Å²) in [5.41, 5.74) is 0.184. The van der Waals surface area contributed by atoms with Crippen molar-refractivity contribution < 1.29 is 14.3 Å². The van der Waals surface area contributed by atoms with Gasteiger partial charge in [0.15, 0.2) is 0 Å². The Labute approximate surface area is 139 Å². The summed E-state index contributed by atoms with van der Waals surface area (Å²) in [5.74, 6) is 0.362. The highest BCUT2D eigenvalue weighted by Crippen LogP contribution is 2.33. The molecule has 0 aromatic carbocycles. The Morgan fingerprint density at radius 1 is 1.42 bits per heavy atom. The van der Waals surface area contributed by atoms with Gasteiger partial charge in [-0.2, -0.15) is 0 Å². The van der Waals surface area contributed by atoms with Crippen molar-refractivity contribution in [1.82, 2.24) is 24.6 Å². The molecule has 0 radical (unpaired) electrons. The lowest BCUT2D eigenvalue weighted by Crippen LogP contribution is -2.46. The molecule has 4 rings (SSSR count). The van der Waals surface area contributed by atoms with Gasteiger partial charge in [0.2, 0.25) is 0 Å². The molecule has 2 aliphatic rings. The molecular formula is C16H21N5O3. The summed E-state index contributed by atoms with van der Waals surface area (Å²) < 4.78 is 13.9. The van der Waals surface area contributed by atoms with Crippen LogP contribution in [0.15, 0.2) is 31.0 Å². The van der Waals surface area contributed by atoms with Crippen molar-refractivity contribution in [3.05, 3.63) is 36.7 Å². The van der Waals surface area contributed by atoms with Crippen LogP contribution < -0.4 is 0 Å². The minimum Gasteiger partial charge on any atom is -0.377 e. The molecule has 2 fully saturated rings. The van der Waals surface area contributed by atoms with Crippen LogP contribution in [0.2, 0.25) is 0 Å². The number of hydrogen-bond acceptors (Lipinski definition) is 5. The number of hydrogen-bond donors (Lipinski definition) is 1. The zero-order chi connectivity index (χ0) is 16.4. The summed E-state index contributed by atoms with van der Waals surface area (Å²) in [7, 11) is 0. The van der Waals surface area contributed by atoms with Gasteiger partial charge < -0.3 is 23.9 Å². The largest absolute Gasteiger partial charge is 0.377 e. The molecule has 2 aromatic rings. The smallest absolute Gasteiger partial charge is 0.270 e. The van der Waals surface area contributed by atoms with Gasteiger partial charge in [-0.05, 0) is 18.6 Å². The van der Waals surface area contributed by atoms with Crippen LogP contribution in [-0.2, 0) is 16.0 Å². The highest BCUT2D eigenvalue weighted by molar-refractivity contribution is 5.92. The first kappa shape index (κ1) is 15.3. The maximum Gasteiger partial charge on any atom is 0.270 e. The maximum atomic E-state index is 12.7. The molecule has 2 aliphatic heterocycles. The summed E-state index contributed by atoms with van der Waals surface area (Å²) in [6.45, 7) is 3.68. The van der Waals surface area contributed by atoms with Crippen molar-refractivity contribution >= 4 is 5.91 Å². The number of nitrogens with one attached hydrogen (secondary N) is 1. The van der Waals surface area contributed by atoms with Crippen molar-refractivity contribution in [2.45, 2.75) is 18.6 Å². The van der Waals surface area contributed by atoms with E-state index in [0.717, 1.165) is 13.0 Å². The summed E-state index contributed by atoms with van der Waals surface area (Å²) in [4.78, 5) is 17.5. The monoisotopic (exact) mass is 331 g/mol. The van der Waals surface area contributed by atoms with E-state index in [2.05, 4.69) is 15.2 Å². The third-order valence-electron chi connectivity index (χ3n) is 4.69. The topological polar surface area (TPSA) is 85.3 Å². The zero-order valence-electron chi connectivity index (χ0n) is 13.4. The summed E-state index contributed by atoms with van der Waals surface area (Å²) >= 11 is 0. The average Bonchev–Trinajstić information content (AvgIpc) is 3.30. The fourth-order valence-corrected chi connectivity index (χ4v) is 3.59. The number of nitrogens with zero attached hydrogens (tertiary/aromatic N) is 4. The van der Waals surface area contributed by atoms with Crippen LogP contribution in [0.4, 0.5) is 0 Å². The first-order valence-corrected chi connectivity index (χ1v) is 8.21. The fourth-order valence-electron chi connectivity index (χ4n) is 3.59. The number of aromatic nitrogens is 4. The molecule has 1 spiro atoms. The van der Waals surface area contributed by atoms with Gasteiger partial charge in [-0.25, -0.2) is 0 Å². The Hall–Kier alpha value is -2.19. The Morgan fingerprint density at radius 3 is 3.08 bits per heavy atom. The lowest BCUT2D eigenvalue weighted by Gasteiger charge is -2.31. The van der Waals surface area contributed by atoms with Gasteiger partial charge >= 0.3 is 0 Å². The molecular weight excluding hydrogens is 310 g/mol. The molecule has 128 valence electrons.